The number of aromatic nitrogens is 1. The molecule has 3 rings (SSSR count). The van der Waals surface area contributed by atoms with E-state index in [1.54, 1.807) is 11.3 Å². The summed E-state index contributed by atoms with van der Waals surface area (Å²) in [6.45, 7) is 0. The fraction of sp³-hybridized carbons (Fsp3) is 0.143. The van der Waals surface area contributed by atoms with Gasteiger partial charge in [-0.2, -0.15) is 0 Å². The summed E-state index contributed by atoms with van der Waals surface area (Å²) in [7, 11) is 4.11. The summed E-state index contributed by atoms with van der Waals surface area (Å²) < 4.78 is 3.34. The molecule has 1 aromatic carbocycles. The molecule has 0 aromatic heterocycles. The molecule has 0 unspecified atom stereocenters. The first-order valence-electron chi connectivity index (χ1n) is 5.82. The molecule has 0 bridgehead atoms. The Morgan fingerprint density at radius 3 is 2.50 bits per heavy atom. The Hall–Kier alpha value is 0.450. The van der Waals surface area contributed by atoms with Gasteiger partial charge < -0.3 is 0 Å². The Morgan fingerprint density at radius 1 is 1.10 bits per heavy atom. The molecule has 0 fully saturated rings. The van der Waals surface area contributed by atoms with Crippen LogP contribution in [0.15, 0.2) is 42.5 Å². The van der Waals surface area contributed by atoms with Crippen LogP contribution in [0.3, 0.4) is 0 Å². The van der Waals surface area contributed by atoms with E-state index < -0.39 is 0 Å². The fourth-order valence-corrected chi connectivity index (χ4v) is 2.84. The number of rotatable bonds is 0. The third kappa shape index (κ3) is 4.23. The molecule has 0 saturated carbocycles. The summed E-state index contributed by atoms with van der Waals surface area (Å²) in [4.78, 5) is 5.90. The van der Waals surface area contributed by atoms with Gasteiger partial charge in [0.25, 0.3) is 0 Å². The number of hydrogen-bond acceptors (Lipinski definition) is 2. The number of hydrogen-bond donors (Lipinski definition) is 0. The van der Waals surface area contributed by atoms with Crippen molar-refractivity contribution in [3.8, 4) is 10.6 Å². The van der Waals surface area contributed by atoms with Crippen LogP contribution in [0.1, 0.15) is 0 Å². The first-order chi connectivity index (χ1) is 9.65. The Bertz CT molecular complexity index is 751. The Kier molecular flexibility index (Phi) is 6.88. The molecule has 1 aromatic rings. The molecule has 0 saturated heterocycles. The van der Waals surface area contributed by atoms with Crippen molar-refractivity contribution in [2.24, 2.45) is 0 Å². The van der Waals surface area contributed by atoms with E-state index in [4.69, 9.17) is 0 Å². The average molecular weight is 622 g/mol. The second kappa shape index (κ2) is 8.18. The van der Waals surface area contributed by atoms with Crippen molar-refractivity contribution in [2.75, 3.05) is 14.1 Å². The first-order valence-corrected chi connectivity index (χ1v) is 19.2. The molecule has 1 aliphatic heterocycles. The topological polar surface area (TPSA) is 15.9 Å². The van der Waals surface area contributed by atoms with Crippen molar-refractivity contribution in [2.45, 2.75) is 0 Å². The van der Waals surface area contributed by atoms with Crippen LogP contribution in [0.5, 0.6) is 0 Å². The molecule has 2 nitrogen and oxygen atoms in total. The molecular weight excluding hydrogens is 609 g/mol. The van der Waals surface area contributed by atoms with Crippen LogP contribution in [-0.4, -0.2) is 19.1 Å². The number of benzene rings is 2. The number of halogens is 3. The summed E-state index contributed by atoms with van der Waals surface area (Å²) in [6.07, 6.45) is 0. The van der Waals surface area contributed by atoms with Gasteiger partial charge in [0.1, 0.15) is 14.1 Å². The van der Waals surface area contributed by atoms with Gasteiger partial charge in [-0.05, 0) is 18.2 Å². The van der Waals surface area contributed by atoms with Crippen LogP contribution in [0.4, 0.5) is 0 Å². The van der Waals surface area contributed by atoms with E-state index in [2.05, 4.69) is 97.3 Å². The normalized spacial score (nSPS) is 10.4. The van der Waals surface area contributed by atoms with Gasteiger partial charge in [0, 0.05) is 12.1 Å². The Balaban J connectivity index is 0.000000452. The SMILES string of the molecule is C[N+](C)=c1ccc2nc3ccccc3sc-2c1.I[I-]I. The van der Waals surface area contributed by atoms with Crippen LogP contribution in [0, 0.1) is 0 Å². The molecule has 6 heteroatoms. The van der Waals surface area contributed by atoms with Gasteiger partial charge >= 0.3 is 50.5 Å². The molecular formula is C14H13I3N2S. The predicted octanol–water partition coefficient (Wildman–Crippen LogP) is 1.21. The zero-order chi connectivity index (χ0) is 14.5. The molecule has 1 heterocycles. The van der Waals surface area contributed by atoms with Crippen molar-refractivity contribution < 1.29 is 13.3 Å². The average Bonchev–Trinajstić information content (AvgIpc) is 2.45. The second-order valence-corrected chi connectivity index (χ2v) is 21.6. The molecule has 20 heavy (non-hydrogen) atoms. The van der Waals surface area contributed by atoms with Crippen molar-refractivity contribution in [3.63, 3.8) is 0 Å². The summed E-state index contributed by atoms with van der Waals surface area (Å²) in [5.74, 6) is 0. The zero-order valence-electron chi connectivity index (χ0n) is 11.0. The Labute approximate surface area is 152 Å². The summed E-state index contributed by atoms with van der Waals surface area (Å²) in [5, 5.41) is 1.21. The molecule has 1 aliphatic carbocycles. The molecule has 0 spiro atoms. The van der Waals surface area contributed by atoms with Crippen molar-refractivity contribution in [1.29, 1.82) is 0 Å². The van der Waals surface area contributed by atoms with Gasteiger partial charge in [0.2, 0.25) is 5.36 Å². The minimum absolute atomic E-state index is 0.530. The standard InChI is InChI=1S/C14H13N2S.I3/c1-16(2)10-7-8-12-14(9-10)17-13-6-4-3-5-11(13)15-12;1-3-2/h3-9H,1-2H3;/q+1;-1. The van der Waals surface area contributed by atoms with Crippen LogP contribution >= 0.6 is 48.6 Å². The second-order valence-electron chi connectivity index (χ2n) is 4.28. The van der Waals surface area contributed by atoms with Crippen molar-refractivity contribution >= 4 is 58.8 Å². The van der Waals surface area contributed by atoms with E-state index in [9.17, 15) is 0 Å². The summed E-state index contributed by atoms with van der Waals surface area (Å²) in [6, 6.07) is 14.7. The first kappa shape index (κ1) is 16.8. The van der Waals surface area contributed by atoms with Crippen LogP contribution in [0.25, 0.3) is 20.8 Å². The monoisotopic (exact) mass is 622 g/mol. The van der Waals surface area contributed by atoms with E-state index in [0.717, 1.165) is 11.2 Å². The molecule has 0 atom stereocenters. The van der Waals surface area contributed by atoms with Gasteiger partial charge in [-0.1, -0.05) is 12.1 Å². The predicted molar refractivity (Wildman–Crippen MR) is 101 cm³/mol. The quantitative estimate of drug-likeness (QED) is 0.210. The minimum atomic E-state index is 0.530. The van der Waals surface area contributed by atoms with E-state index >= 15 is 0 Å². The summed E-state index contributed by atoms with van der Waals surface area (Å²) >= 11 is 7.09. The van der Waals surface area contributed by atoms with Gasteiger partial charge in [0.05, 0.1) is 20.8 Å². The van der Waals surface area contributed by atoms with Crippen LogP contribution in [-0.2, 0) is 0 Å². The van der Waals surface area contributed by atoms with Gasteiger partial charge in [-0.15, -0.1) is 11.3 Å². The molecule has 0 amide bonds. The van der Waals surface area contributed by atoms with E-state index in [-0.39, 0.29) is 0 Å². The molecule has 2 aliphatic rings. The number of para-hydroxylation sites is 1. The van der Waals surface area contributed by atoms with Crippen LogP contribution < -0.4 is 23.2 Å². The van der Waals surface area contributed by atoms with Gasteiger partial charge in [-0.25, -0.2) is 9.56 Å². The molecule has 106 valence electrons. The third-order valence-electron chi connectivity index (χ3n) is 2.79. The van der Waals surface area contributed by atoms with Gasteiger partial charge in [-0.3, -0.25) is 0 Å². The van der Waals surface area contributed by atoms with Crippen molar-refractivity contribution in [1.82, 2.24) is 9.56 Å². The zero-order valence-corrected chi connectivity index (χ0v) is 18.3. The number of fused-ring (bicyclic) bond motifs is 2. The molecule has 0 radical (unpaired) electrons. The van der Waals surface area contributed by atoms with E-state index in [1.807, 2.05) is 6.07 Å². The maximum absolute atomic E-state index is 4.67. The molecule has 0 N–H and O–H groups in total. The number of nitrogens with zero attached hydrogens (tertiary/aromatic N) is 2. The van der Waals surface area contributed by atoms with Crippen molar-refractivity contribution in [3.05, 3.63) is 47.8 Å². The maximum atomic E-state index is 4.67. The third-order valence-corrected chi connectivity index (χ3v) is 3.90. The fourth-order valence-electron chi connectivity index (χ4n) is 1.84. The van der Waals surface area contributed by atoms with E-state index in [1.165, 1.54) is 14.9 Å². The van der Waals surface area contributed by atoms with E-state index in [0.29, 0.717) is 13.3 Å². The Morgan fingerprint density at radius 2 is 1.80 bits per heavy atom. The summed E-state index contributed by atoms with van der Waals surface area (Å²) in [5.41, 5.74) is 2.14. The van der Waals surface area contributed by atoms with Crippen LogP contribution in [0.2, 0.25) is 0 Å². The van der Waals surface area contributed by atoms with Gasteiger partial charge in [0.15, 0.2) is 0 Å².